The molecule has 4 N–H and O–H groups in total. The number of allylic oxidation sites excluding steroid dienone is 3. The van der Waals surface area contributed by atoms with Crippen LogP contribution in [-0.4, -0.2) is 43.4 Å². The van der Waals surface area contributed by atoms with Gasteiger partial charge in [-0.2, -0.15) is 6.08 Å². The van der Waals surface area contributed by atoms with Gasteiger partial charge < -0.3 is 35.0 Å². The number of carbonyl (C=O) groups is 1. The zero-order valence-electron chi connectivity index (χ0n) is 13.9. The van der Waals surface area contributed by atoms with Gasteiger partial charge in [-0.1, -0.05) is 29.5 Å². The van der Waals surface area contributed by atoms with E-state index >= 15 is 0 Å². The molecule has 8 heteroatoms. The molecule has 0 aliphatic carbocycles. The number of nitrogens with two attached hydrogens (primary N) is 2. The Balaban J connectivity index is -0.000000354. The van der Waals surface area contributed by atoms with E-state index in [1.165, 1.54) is 17.3 Å². The molecule has 0 saturated carbocycles. The van der Waals surface area contributed by atoms with Crippen molar-refractivity contribution >= 4 is 41.0 Å². The van der Waals surface area contributed by atoms with E-state index in [0.717, 1.165) is 5.57 Å². The third-order valence-electron chi connectivity index (χ3n) is 2.19. The molecule has 0 heterocycles. The smallest absolute Gasteiger partial charge is 0.428 e. The second kappa shape index (κ2) is 17.3. The molecule has 6 nitrogen and oxygen atoms in total. The topological polar surface area (TPSA) is 102 Å². The summed E-state index contributed by atoms with van der Waals surface area (Å²) in [6.45, 7) is 9.82. The Morgan fingerprint density at radius 1 is 1.39 bits per heavy atom. The van der Waals surface area contributed by atoms with Gasteiger partial charge in [-0.05, 0) is 4.08 Å². The molecule has 0 aliphatic heterocycles. The van der Waals surface area contributed by atoms with Crippen molar-refractivity contribution in [3.05, 3.63) is 47.0 Å². The monoisotopic (exact) mass is 424 g/mol. The number of carbonyl (C=O) groups excluding carboxylic acids is 2. The summed E-state index contributed by atoms with van der Waals surface area (Å²) in [6.07, 6.45) is 5.79. The predicted molar refractivity (Wildman–Crippen MR) is 99.7 cm³/mol. The Labute approximate surface area is 164 Å². The molecule has 0 saturated heterocycles. The van der Waals surface area contributed by atoms with Crippen LogP contribution in [0.5, 0.6) is 0 Å². The van der Waals surface area contributed by atoms with E-state index in [4.69, 9.17) is 11.5 Å². The quantitative estimate of drug-likeness (QED) is 0.133. The SMILES string of the molecule is CC(/C=C(\N)[C-]=O)=C/I.[CH2-]CN(C[CH2-])C(=O)/C(C=NC)=C/N.[Li+]. The summed E-state index contributed by atoms with van der Waals surface area (Å²) in [5.74, 6) is -0.196. The largest absolute Gasteiger partial charge is 1.00 e. The van der Waals surface area contributed by atoms with E-state index < -0.39 is 0 Å². The molecule has 0 radical (unpaired) electrons. The molecule has 0 unspecified atom stereocenters. The average molecular weight is 424 g/mol. The van der Waals surface area contributed by atoms with Gasteiger partial charge in [0.25, 0.3) is 5.91 Å². The number of nitrogens with zero attached hydrogens (tertiary/aromatic N) is 2. The maximum absolute atomic E-state index is 11.5. The first-order valence-electron chi connectivity index (χ1n) is 6.25. The van der Waals surface area contributed by atoms with Gasteiger partial charge in [0, 0.05) is 25.7 Å². The maximum Gasteiger partial charge on any atom is 1.00 e. The molecular formula is C15H22ILiN4O2-2. The first-order chi connectivity index (χ1) is 10.4. The molecule has 0 aromatic rings. The molecule has 0 atom stereocenters. The third kappa shape index (κ3) is 13.1. The van der Waals surface area contributed by atoms with E-state index in [1.54, 1.807) is 19.4 Å². The Morgan fingerprint density at radius 3 is 2.22 bits per heavy atom. The van der Waals surface area contributed by atoms with E-state index in [0.29, 0.717) is 18.7 Å². The summed E-state index contributed by atoms with van der Waals surface area (Å²) in [6, 6.07) is 0. The van der Waals surface area contributed by atoms with Gasteiger partial charge in [0.15, 0.2) is 0 Å². The number of aliphatic imine (C=N–C) groups is 1. The molecule has 0 spiro atoms. The van der Waals surface area contributed by atoms with Crippen LogP contribution in [0, 0.1) is 13.8 Å². The van der Waals surface area contributed by atoms with Crippen molar-refractivity contribution in [2.75, 3.05) is 20.1 Å². The zero-order valence-corrected chi connectivity index (χ0v) is 16.0. The number of hydrogen-bond acceptors (Lipinski definition) is 5. The fraction of sp³-hybridized carbons (Fsp3) is 0.267. The summed E-state index contributed by atoms with van der Waals surface area (Å²) in [5, 5.41) is 0. The number of rotatable bonds is 6. The molecule has 0 aromatic heterocycles. The standard InChI is InChI=1S/C9H15N3O.C6H7INO.Li/c1-4-12(5-2)9(13)8(6-10)7-11-3;1-5(3-7)2-6(8)4-9;/h6-7H,1-2,4-5,10H2,3H3;2-3H,8H2,1H3;/q-2;-1;+1/b8-6+,11-7?;5-3-,6-2-;. The molecule has 124 valence electrons. The average Bonchev–Trinajstić information content (AvgIpc) is 2.53. The van der Waals surface area contributed by atoms with Crippen molar-refractivity contribution in [2.45, 2.75) is 6.92 Å². The maximum atomic E-state index is 11.5. The Kier molecular flexibility index (Phi) is 20.2. The summed E-state index contributed by atoms with van der Waals surface area (Å²) in [5.41, 5.74) is 11.9. The van der Waals surface area contributed by atoms with Gasteiger partial charge in [-0.25, -0.2) is 0 Å². The van der Waals surface area contributed by atoms with E-state index in [9.17, 15) is 9.59 Å². The number of amides is 1. The second-order valence-corrected chi connectivity index (χ2v) is 4.48. The predicted octanol–water partition coefficient (Wildman–Crippen LogP) is -1.69. The van der Waals surface area contributed by atoms with Crippen molar-refractivity contribution in [1.29, 1.82) is 0 Å². The van der Waals surface area contributed by atoms with Gasteiger partial charge in [0.2, 0.25) is 0 Å². The fourth-order valence-corrected chi connectivity index (χ4v) is 1.29. The van der Waals surface area contributed by atoms with Gasteiger partial charge >= 0.3 is 18.9 Å². The fourth-order valence-electron chi connectivity index (χ4n) is 1.11. The molecule has 1 amide bonds. The van der Waals surface area contributed by atoms with Crippen LogP contribution < -0.4 is 30.3 Å². The minimum atomic E-state index is -0.196. The van der Waals surface area contributed by atoms with Crippen LogP contribution in [0.4, 0.5) is 0 Å². The minimum Gasteiger partial charge on any atom is -0.428 e. The molecule has 0 aromatic carbocycles. The van der Waals surface area contributed by atoms with Gasteiger partial charge in [-0.3, -0.25) is 9.79 Å². The Hall–Kier alpha value is -1.04. The van der Waals surface area contributed by atoms with Gasteiger partial charge in [0.05, 0.1) is 5.57 Å². The van der Waals surface area contributed by atoms with Crippen molar-refractivity contribution in [2.24, 2.45) is 16.5 Å². The van der Waals surface area contributed by atoms with E-state index in [1.807, 2.05) is 11.0 Å². The molecule has 0 bridgehead atoms. The number of hydrogen-bond donors (Lipinski definition) is 2. The normalized spacial score (nSPS) is 12.1. The van der Waals surface area contributed by atoms with E-state index in [2.05, 4.69) is 41.4 Å². The molecular weight excluding hydrogens is 402 g/mol. The van der Waals surface area contributed by atoms with Crippen LogP contribution in [0.15, 0.2) is 38.2 Å². The zero-order chi connectivity index (χ0) is 17.5. The molecule has 0 rings (SSSR count). The molecule has 23 heavy (non-hydrogen) atoms. The first kappa shape index (κ1) is 26.8. The number of halogens is 1. The van der Waals surface area contributed by atoms with Crippen molar-refractivity contribution in [3.8, 4) is 0 Å². The van der Waals surface area contributed by atoms with Crippen LogP contribution in [-0.2, 0) is 9.59 Å². The molecule has 0 fully saturated rings. The summed E-state index contributed by atoms with van der Waals surface area (Å²) < 4.78 is 1.84. The minimum absolute atomic E-state index is 0. The van der Waals surface area contributed by atoms with Crippen molar-refractivity contribution in [3.63, 3.8) is 0 Å². The van der Waals surface area contributed by atoms with Crippen LogP contribution >= 0.6 is 22.6 Å². The summed E-state index contributed by atoms with van der Waals surface area (Å²) in [7, 11) is 1.58. The van der Waals surface area contributed by atoms with Gasteiger partial charge in [0.1, 0.15) is 0 Å². The van der Waals surface area contributed by atoms with Crippen LogP contribution in [0.1, 0.15) is 6.92 Å². The van der Waals surface area contributed by atoms with E-state index in [-0.39, 0.29) is 30.5 Å². The van der Waals surface area contributed by atoms with Gasteiger partial charge in [-0.15, -0.1) is 24.4 Å². The summed E-state index contributed by atoms with van der Waals surface area (Å²) in [4.78, 5) is 26.5. The third-order valence-corrected chi connectivity index (χ3v) is 3.18. The Bertz CT molecular complexity index is 470. The summed E-state index contributed by atoms with van der Waals surface area (Å²) >= 11 is 2.07. The van der Waals surface area contributed by atoms with Crippen molar-refractivity contribution in [1.82, 2.24) is 4.90 Å². The second-order valence-electron chi connectivity index (χ2n) is 3.86. The van der Waals surface area contributed by atoms with Crippen LogP contribution in [0.25, 0.3) is 0 Å². The molecule has 0 aliphatic rings. The first-order valence-corrected chi connectivity index (χ1v) is 7.50. The van der Waals surface area contributed by atoms with Crippen LogP contribution in [0.3, 0.4) is 0 Å². The van der Waals surface area contributed by atoms with Crippen molar-refractivity contribution < 1.29 is 28.4 Å². The Morgan fingerprint density at radius 2 is 1.91 bits per heavy atom. The van der Waals surface area contributed by atoms with Crippen LogP contribution in [0.2, 0.25) is 0 Å².